The monoisotopic (exact) mass is 358 g/mol. The normalized spacial score (nSPS) is 20.3. The molecular formula is C19H22N2O5. The van der Waals surface area contributed by atoms with Crippen LogP contribution in [0.15, 0.2) is 36.4 Å². The summed E-state index contributed by atoms with van der Waals surface area (Å²) < 4.78 is 6.22. The van der Waals surface area contributed by atoms with Gasteiger partial charge >= 0.3 is 6.09 Å². The molecule has 7 heteroatoms. The third-order valence-corrected chi connectivity index (χ3v) is 4.81. The Morgan fingerprint density at radius 3 is 2.46 bits per heavy atom. The van der Waals surface area contributed by atoms with E-state index in [1.807, 2.05) is 20.8 Å². The SMILES string of the molecule is CC(C)(C)C1[C@@H](Oc2ccc([N+](=O)[O-])c3ccccc23)CCN1C(=O)O. The lowest BCUT2D eigenvalue weighted by molar-refractivity contribution is -0.383. The molecule has 1 unspecified atom stereocenters. The van der Waals surface area contributed by atoms with Crippen molar-refractivity contribution in [2.45, 2.75) is 39.3 Å². The lowest BCUT2D eigenvalue weighted by atomic mass is 9.84. The molecule has 1 aliphatic heterocycles. The average Bonchev–Trinajstić information content (AvgIpc) is 2.99. The number of nitro benzene ring substituents is 1. The van der Waals surface area contributed by atoms with Crippen LogP contribution in [0.4, 0.5) is 10.5 Å². The second kappa shape index (κ2) is 6.48. The Hall–Kier alpha value is -2.83. The highest BCUT2D eigenvalue weighted by atomic mass is 16.6. The predicted molar refractivity (Wildman–Crippen MR) is 97.6 cm³/mol. The number of carbonyl (C=O) groups is 1. The van der Waals surface area contributed by atoms with E-state index in [1.165, 1.54) is 11.0 Å². The third-order valence-electron chi connectivity index (χ3n) is 4.81. The van der Waals surface area contributed by atoms with Crippen LogP contribution in [0.5, 0.6) is 5.75 Å². The van der Waals surface area contributed by atoms with Gasteiger partial charge in [0.2, 0.25) is 0 Å². The smallest absolute Gasteiger partial charge is 0.407 e. The maximum absolute atomic E-state index is 11.6. The molecule has 1 saturated heterocycles. The second-order valence-corrected chi connectivity index (χ2v) is 7.62. The fourth-order valence-electron chi connectivity index (χ4n) is 3.81. The maximum atomic E-state index is 11.6. The Morgan fingerprint density at radius 2 is 1.88 bits per heavy atom. The molecule has 0 saturated carbocycles. The lowest BCUT2D eigenvalue weighted by Crippen LogP contribution is -2.48. The van der Waals surface area contributed by atoms with Crippen LogP contribution in [0.2, 0.25) is 0 Å². The summed E-state index contributed by atoms with van der Waals surface area (Å²) in [7, 11) is 0. The van der Waals surface area contributed by atoms with Crippen LogP contribution in [0.25, 0.3) is 10.8 Å². The van der Waals surface area contributed by atoms with E-state index >= 15 is 0 Å². The number of hydrogen-bond acceptors (Lipinski definition) is 4. The van der Waals surface area contributed by atoms with Crippen molar-refractivity contribution in [3.05, 3.63) is 46.5 Å². The van der Waals surface area contributed by atoms with E-state index in [1.54, 1.807) is 30.3 Å². The summed E-state index contributed by atoms with van der Waals surface area (Å²) in [4.78, 5) is 23.9. The molecule has 0 aliphatic carbocycles. The van der Waals surface area contributed by atoms with Crippen molar-refractivity contribution in [1.29, 1.82) is 0 Å². The van der Waals surface area contributed by atoms with Gasteiger partial charge in [-0.05, 0) is 17.5 Å². The molecule has 1 heterocycles. The highest BCUT2D eigenvalue weighted by Gasteiger charge is 2.45. The van der Waals surface area contributed by atoms with Gasteiger partial charge in [-0.15, -0.1) is 0 Å². The van der Waals surface area contributed by atoms with Crippen molar-refractivity contribution in [2.24, 2.45) is 5.41 Å². The fraction of sp³-hybridized carbons (Fsp3) is 0.421. The first-order valence-electron chi connectivity index (χ1n) is 8.52. The standard InChI is InChI=1S/C19H22N2O5/c1-19(2,3)17-16(10-11-20(17)18(22)23)26-15-9-8-14(21(24)25)12-6-4-5-7-13(12)15/h4-9,16-17H,10-11H2,1-3H3,(H,22,23)/t16-,17?/m0/s1. The Morgan fingerprint density at radius 1 is 1.23 bits per heavy atom. The Labute approximate surface area is 151 Å². The van der Waals surface area contributed by atoms with Crippen LogP contribution >= 0.6 is 0 Å². The van der Waals surface area contributed by atoms with Gasteiger partial charge < -0.3 is 14.7 Å². The molecule has 7 nitrogen and oxygen atoms in total. The summed E-state index contributed by atoms with van der Waals surface area (Å²) in [5.41, 5.74) is -0.269. The van der Waals surface area contributed by atoms with Crippen LogP contribution in [0.3, 0.4) is 0 Å². The summed E-state index contributed by atoms with van der Waals surface area (Å²) >= 11 is 0. The molecule has 0 aromatic heterocycles. The van der Waals surface area contributed by atoms with Gasteiger partial charge in [-0.1, -0.05) is 39.0 Å². The van der Waals surface area contributed by atoms with E-state index in [0.29, 0.717) is 29.5 Å². The van der Waals surface area contributed by atoms with E-state index in [-0.39, 0.29) is 23.2 Å². The van der Waals surface area contributed by atoms with Crippen LogP contribution in [-0.4, -0.2) is 39.7 Å². The first-order valence-corrected chi connectivity index (χ1v) is 8.52. The Bertz CT molecular complexity index is 859. The van der Waals surface area contributed by atoms with E-state index in [4.69, 9.17) is 4.74 Å². The molecular weight excluding hydrogens is 336 g/mol. The molecule has 26 heavy (non-hydrogen) atoms. The zero-order chi connectivity index (χ0) is 19.1. The molecule has 3 rings (SSSR count). The topological polar surface area (TPSA) is 92.9 Å². The molecule has 1 N–H and O–H groups in total. The van der Waals surface area contributed by atoms with Gasteiger partial charge in [0.25, 0.3) is 5.69 Å². The van der Waals surface area contributed by atoms with Crippen LogP contribution in [-0.2, 0) is 0 Å². The van der Waals surface area contributed by atoms with Crippen molar-refractivity contribution in [2.75, 3.05) is 6.54 Å². The number of rotatable bonds is 3. The summed E-state index contributed by atoms with van der Waals surface area (Å²) in [6.45, 7) is 6.38. The molecule has 1 amide bonds. The molecule has 0 bridgehead atoms. The first-order chi connectivity index (χ1) is 12.2. The minimum absolute atomic E-state index is 0.0268. The zero-order valence-corrected chi connectivity index (χ0v) is 15.0. The van der Waals surface area contributed by atoms with Crippen molar-refractivity contribution >= 4 is 22.6 Å². The minimum atomic E-state index is -0.954. The van der Waals surface area contributed by atoms with Crippen LogP contribution in [0, 0.1) is 15.5 Å². The minimum Gasteiger partial charge on any atom is -0.488 e. The number of ether oxygens (including phenoxy) is 1. The summed E-state index contributed by atoms with van der Waals surface area (Å²) in [6, 6.07) is 9.77. The second-order valence-electron chi connectivity index (χ2n) is 7.62. The highest BCUT2D eigenvalue weighted by Crippen LogP contribution is 2.38. The molecule has 1 aliphatic rings. The highest BCUT2D eigenvalue weighted by molar-refractivity contribution is 5.95. The third kappa shape index (κ3) is 3.16. The van der Waals surface area contributed by atoms with Crippen molar-refractivity contribution in [1.82, 2.24) is 4.90 Å². The predicted octanol–water partition coefficient (Wildman–Crippen LogP) is 4.29. The average molecular weight is 358 g/mol. The van der Waals surface area contributed by atoms with E-state index in [0.717, 1.165) is 0 Å². The van der Waals surface area contributed by atoms with Crippen molar-refractivity contribution in [3.8, 4) is 5.75 Å². The molecule has 0 radical (unpaired) electrons. The number of fused-ring (bicyclic) bond motifs is 1. The largest absolute Gasteiger partial charge is 0.488 e. The number of amides is 1. The van der Waals surface area contributed by atoms with Gasteiger partial charge in [-0.25, -0.2) is 4.79 Å². The van der Waals surface area contributed by atoms with Gasteiger partial charge in [0.15, 0.2) is 0 Å². The summed E-state index contributed by atoms with van der Waals surface area (Å²) in [5, 5.41) is 21.9. The molecule has 2 aromatic carbocycles. The number of likely N-dealkylation sites (tertiary alicyclic amines) is 1. The first kappa shape index (κ1) is 18.0. The van der Waals surface area contributed by atoms with Crippen LogP contribution < -0.4 is 4.74 Å². The number of nitrogens with zero attached hydrogens (tertiary/aromatic N) is 2. The van der Waals surface area contributed by atoms with Gasteiger partial charge in [-0.3, -0.25) is 10.1 Å². The van der Waals surface area contributed by atoms with Gasteiger partial charge in [-0.2, -0.15) is 0 Å². The summed E-state index contributed by atoms with van der Waals surface area (Å²) in [5.74, 6) is 0.540. The Balaban J connectivity index is 2.00. The molecule has 138 valence electrons. The Kier molecular flexibility index (Phi) is 4.48. The quantitative estimate of drug-likeness (QED) is 0.652. The molecule has 2 atom stereocenters. The molecule has 1 fully saturated rings. The maximum Gasteiger partial charge on any atom is 0.407 e. The number of hydrogen-bond donors (Lipinski definition) is 1. The van der Waals surface area contributed by atoms with E-state index in [9.17, 15) is 20.0 Å². The van der Waals surface area contributed by atoms with Gasteiger partial charge in [0, 0.05) is 24.4 Å². The van der Waals surface area contributed by atoms with E-state index in [2.05, 4.69) is 0 Å². The van der Waals surface area contributed by atoms with Gasteiger partial charge in [0.1, 0.15) is 11.9 Å². The number of nitro groups is 1. The number of carboxylic acid groups (broad SMARTS) is 1. The zero-order valence-electron chi connectivity index (χ0n) is 15.0. The van der Waals surface area contributed by atoms with Crippen molar-refractivity contribution in [3.63, 3.8) is 0 Å². The molecule has 0 spiro atoms. The van der Waals surface area contributed by atoms with E-state index < -0.39 is 11.0 Å². The number of benzene rings is 2. The fourth-order valence-corrected chi connectivity index (χ4v) is 3.81. The van der Waals surface area contributed by atoms with Crippen molar-refractivity contribution < 1.29 is 19.6 Å². The van der Waals surface area contributed by atoms with Crippen LogP contribution in [0.1, 0.15) is 27.2 Å². The summed E-state index contributed by atoms with van der Waals surface area (Å²) in [6.07, 6.45) is -0.680. The number of non-ortho nitro benzene ring substituents is 1. The lowest BCUT2D eigenvalue weighted by Gasteiger charge is -2.36. The molecule has 2 aromatic rings. The van der Waals surface area contributed by atoms with Gasteiger partial charge in [0.05, 0.1) is 16.4 Å².